The highest BCUT2D eigenvalue weighted by atomic mass is 32.1. The van der Waals surface area contributed by atoms with Crippen LogP contribution in [0.4, 0.5) is 17.5 Å². The quantitative estimate of drug-likeness (QED) is 0.306. The normalized spacial score (nSPS) is 23.4. The topological polar surface area (TPSA) is 95.8 Å². The Bertz CT molecular complexity index is 1220. The van der Waals surface area contributed by atoms with Gasteiger partial charge in [-0.05, 0) is 69.8 Å². The molecule has 0 amide bonds. The minimum absolute atomic E-state index is 0.431. The molecule has 3 aromatic rings. The van der Waals surface area contributed by atoms with E-state index >= 15 is 0 Å². The Kier molecular flexibility index (Phi) is 7.55. The lowest BCUT2D eigenvalue weighted by atomic mass is 9.89. The van der Waals surface area contributed by atoms with Gasteiger partial charge in [0.15, 0.2) is 4.83 Å². The third-order valence-corrected chi connectivity index (χ3v) is 9.63. The maximum atomic E-state index is 4.96. The Balaban J connectivity index is 1.14. The van der Waals surface area contributed by atoms with E-state index in [1.165, 1.54) is 63.1 Å². The summed E-state index contributed by atoms with van der Waals surface area (Å²) in [4.78, 5) is 13.5. The molecule has 0 atom stereocenters. The molecule has 0 radical (unpaired) electrons. The number of nitrogens with zero attached hydrogens (tertiary/aromatic N) is 6. The van der Waals surface area contributed by atoms with Crippen LogP contribution < -0.4 is 16.0 Å². The summed E-state index contributed by atoms with van der Waals surface area (Å²) in [5, 5.41) is 16.7. The lowest BCUT2D eigenvalue weighted by Gasteiger charge is -2.42. The number of rotatable bonds is 10. The van der Waals surface area contributed by atoms with Gasteiger partial charge in [-0.2, -0.15) is 19.4 Å². The van der Waals surface area contributed by atoms with Crippen molar-refractivity contribution in [2.75, 3.05) is 30.3 Å². The van der Waals surface area contributed by atoms with Crippen molar-refractivity contribution in [2.24, 2.45) is 0 Å². The Morgan fingerprint density at radius 2 is 1.92 bits per heavy atom. The first-order chi connectivity index (χ1) is 18.6. The minimum Gasteiger partial charge on any atom is -0.367 e. The first-order valence-corrected chi connectivity index (χ1v) is 15.5. The zero-order valence-electron chi connectivity index (χ0n) is 23.2. The summed E-state index contributed by atoms with van der Waals surface area (Å²) < 4.78 is 6.70. The van der Waals surface area contributed by atoms with Crippen molar-refractivity contribution >= 4 is 39.2 Å². The van der Waals surface area contributed by atoms with E-state index in [2.05, 4.69) is 62.0 Å². The molecule has 1 aliphatic heterocycles. The molecule has 2 aliphatic carbocycles. The van der Waals surface area contributed by atoms with Crippen LogP contribution in [-0.2, 0) is 0 Å². The molecule has 4 heterocycles. The molecule has 3 N–H and O–H groups in total. The molecule has 2 saturated carbocycles. The zero-order chi connectivity index (χ0) is 26.1. The van der Waals surface area contributed by atoms with Crippen LogP contribution in [0.15, 0.2) is 12.4 Å². The van der Waals surface area contributed by atoms with Crippen molar-refractivity contribution < 1.29 is 0 Å². The maximum absolute atomic E-state index is 4.96. The van der Waals surface area contributed by atoms with Gasteiger partial charge in [-0.3, -0.25) is 9.58 Å². The Morgan fingerprint density at radius 1 is 1.13 bits per heavy atom. The second-order valence-electron chi connectivity index (χ2n) is 11.7. The summed E-state index contributed by atoms with van der Waals surface area (Å²) in [6, 6.07) is 1.60. The van der Waals surface area contributed by atoms with Crippen molar-refractivity contribution in [2.45, 2.75) is 109 Å². The SMILES string of the molecule is CCCC(CCC)n1cc(Nc2nc(NC3CCC(N4CCNC5(CC5)C4)CC3)c3c(C)nsc3n2)cn1. The molecule has 3 aliphatic rings. The number of anilines is 3. The predicted octanol–water partition coefficient (Wildman–Crippen LogP) is 5.64. The molecule has 206 valence electrons. The van der Waals surface area contributed by atoms with Crippen LogP contribution in [0.1, 0.15) is 89.8 Å². The van der Waals surface area contributed by atoms with E-state index in [4.69, 9.17) is 9.97 Å². The molecular weight excluding hydrogens is 494 g/mol. The monoisotopic (exact) mass is 537 g/mol. The molecule has 0 unspecified atom stereocenters. The molecule has 1 saturated heterocycles. The molecule has 0 bridgehead atoms. The fraction of sp³-hybridized carbons (Fsp3) is 0.714. The van der Waals surface area contributed by atoms with Crippen LogP contribution in [0.5, 0.6) is 0 Å². The first-order valence-electron chi connectivity index (χ1n) is 14.8. The van der Waals surface area contributed by atoms with E-state index in [0.29, 0.717) is 23.6 Å². The first kappa shape index (κ1) is 26.0. The molecule has 0 aromatic carbocycles. The maximum Gasteiger partial charge on any atom is 0.230 e. The summed E-state index contributed by atoms with van der Waals surface area (Å²) in [5.74, 6) is 1.52. The van der Waals surface area contributed by atoms with Gasteiger partial charge >= 0.3 is 0 Å². The number of aryl methyl sites for hydroxylation is 1. The minimum atomic E-state index is 0.431. The van der Waals surface area contributed by atoms with Crippen molar-refractivity contribution in [3.05, 3.63) is 18.1 Å². The summed E-state index contributed by atoms with van der Waals surface area (Å²) in [5.41, 5.74) is 2.38. The van der Waals surface area contributed by atoms with Crippen molar-refractivity contribution in [1.29, 1.82) is 0 Å². The molecule has 6 rings (SSSR count). The fourth-order valence-electron chi connectivity index (χ4n) is 6.52. The van der Waals surface area contributed by atoms with Gasteiger partial charge in [0.2, 0.25) is 5.95 Å². The number of nitrogens with one attached hydrogen (secondary N) is 3. The van der Waals surface area contributed by atoms with E-state index in [1.807, 2.05) is 6.20 Å². The molecule has 3 fully saturated rings. The van der Waals surface area contributed by atoms with Gasteiger partial charge in [0.05, 0.1) is 29.0 Å². The van der Waals surface area contributed by atoms with Crippen molar-refractivity contribution in [3.63, 3.8) is 0 Å². The second-order valence-corrected chi connectivity index (χ2v) is 12.5. The molecular formula is C28H43N9S. The summed E-state index contributed by atoms with van der Waals surface area (Å²) in [7, 11) is 0. The van der Waals surface area contributed by atoms with Gasteiger partial charge in [-0.15, -0.1) is 0 Å². The van der Waals surface area contributed by atoms with E-state index in [9.17, 15) is 0 Å². The molecule has 10 heteroatoms. The highest BCUT2D eigenvalue weighted by molar-refractivity contribution is 7.13. The van der Waals surface area contributed by atoms with Gasteiger partial charge in [0, 0.05) is 43.5 Å². The van der Waals surface area contributed by atoms with Crippen LogP contribution in [-0.4, -0.2) is 66.3 Å². The largest absolute Gasteiger partial charge is 0.367 e. The molecule has 38 heavy (non-hydrogen) atoms. The average molecular weight is 538 g/mol. The summed E-state index contributed by atoms with van der Waals surface area (Å²) in [6.07, 6.45) is 16.2. The van der Waals surface area contributed by atoms with Gasteiger partial charge in [0.1, 0.15) is 5.82 Å². The van der Waals surface area contributed by atoms with E-state index in [-0.39, 0.29) is 0 Å². The number of hydrogen-bond acceptors (Lipinski definition) is 9. The van der Waals surface area contributed by atoms with Crippen LogP contribution in [0, 0.1) is 6.92 Å². The van der Waals surface area contributed by atoms with E-state index in [0.717, 1.165) is 65.7 Å². The second kappa shape index (κ2) is 11.1. The average Bonchev–Trinajstić information content (AvgIpc) is 3.30. The number of hydrogen-bond donors (Lipinski definition) is 3. The standard InChI is InChI=1S/C28H43N9S/c1-4-6-23(7-5-2)37-17-21(16-30-37)32-27-33-25(24-19(3)35-38-26(24)34-27)31-20-8-10-22(11-9-20)36-15-14-29-28(18-36)12-13-28/h16-17,20,22-23,29H,4-15,18H2,1-3H3,(H2,31,32,33,34). The van der Waals surface area contributed by atoms with Crippen LogP contribution in [0.25, 0.3) is 10.2 Å². The Labute approximate surface area is 230 Å². The van der Waals surface area contributed by atoms with Crippen molar-refractivity contribution in [1.82, 2.24) is 34.3 Å². The van der Waals surface area contributed by atoms with Crippen LogP contribution in [0.2, 0.25) is 0 Å². The molecule has 9 nitrogen and oxygen atoms in total. The van der Waals surface area contributed by atoms with Gasteiger partial charge in [-0.25, -0.2) is 0 Å². The van der Waals surface area contributed by atoms with Gasteiger partial charge < -0.3 is 16.0 Å². The highest BCUT2D eigenvalue weighted by Gasteiger charge is 2.46. The Morgan fingerprint density at radius 3 is 2.66 bits per heavy atom. The summed E-state index contributed by atoms with van der Waals surface area (Å²) in [6.45, 7) is 10.1. The fourth-order valence-corrected chi connectivity index (χ4v) is 7.30. The zero-order valence-corrected chi connectivity index (χ0v) is 24.0. The van der Waals surface area contributed by atoms with Crippen molar-refractivity contribution in [3.8, 4) is 0 Å². The van der Waals surface area contributed by atoms with E-state index < -0.39 is 0 Å². The number of aromatic nitrogens is 5. The predicted molar refractivity (Wildman–Crippen MR) is 156 cm³/mol. The molecule has 1 spiro atoms. The number of fused-ring (bicyclic) bond motifs is 1. The van der Waals surface area contributed by atoms with E-state index in [1.54, 1.807) is 0 Å². The molecule has 3 aromatic heterocycles. The summed E-state index contributed by atoms with van der Waals surface area (Å²) >= 11 is 1.45. The smallest absolute Gasteiger partial charge is 0.230 e. The van der Waals surface area contributed by atoms with Crippen LogP contribution >= 0.6 is 11.5 Å². The Hall–Kier alpha value is -2.30. The third-order valence-electron chi connectivity index (χ3n) is 8.79. The number of piperazine rings is 1. The van der Waals surface area contributed by atoms with Gasteiger partial charge in [0.25, 0.3) is 0 Å². The highest BCUT2D eigenvalue weighted by Crippen LogP contribution is 2.39. The lowest BCUT2D eigenvalue weighted by Crippen LogP contribution is -2.56. The van der Waals surface area contributed by atoms with Gasteiger partial charge in [-0.1, -0.05) is 26.7 Å². The third kappa shape index (κ3) is 5.53. The van der Waals surface area contributed by atoms with Crippen LogP contribution in [0.3, 0.4) is 0 Å². The lowest BCUT2D eigenvalue weighted by molar-refractivity contribution is 0.106.